The first-order valence-electron chi connectivity index (χ1n) is 6.68. The molecule has 19 heavy (non-hydrogen) atoms. The zero-order valence-corrected chi connectivity index (χ0v) is 12.2. The van der Waals surface area contributed by atoms with Gasteiger partial charge in [-0.25, -0.2) is 4.98 Å². The van der Waals surface area contributed by atoms with Crippen LogP contribution in [0, 0.1) is 0 Å². The van der Waals surface area contributed by atoms with E-state index in [1.54, 1.807) is 11.3 Å². The SMILES string of the molecule is CCOc1cccc(CNC(CC)c2nccs2)c1. The molecule has 4 heteroatoms. The smallest absolute Gasteiger partial charge is 0.119 e. The average Bonchev–Trinajstić information content (AvgIpc) is 2.94. The zero-order valence-electron chi connectivity index (χ0n) is 11.4. The molecule has 0 fully saturated rings. The van der Waals surface area contributed by atoms with Gasteiger partial charge >= 0.3 is 0 Å². The van der Waals surface area contributed by atoms with E-state index >= 15 is 0 Å². The molecule has 0 amide bonds. The largest absolute Gasteiger partial charge is 0.494 e. The van der Waals surface area contributed by atoms with Crippen LogP contribution in [0.1, 0.15) is 36.9 Å². The van der Waals surface area contributed by atoms with Crippen molar-refractivity contribution in [3.05, 3.63) is 46.4 Å². The minimum Gasteiger partial charge on any atom is -0.494 e. The Morgan fingerprint density at radius 1 is 1.37 bits per heavy atom. The highest BCUT2D eigenvalue weighted by atomic mass is 32.1. The van der Waals surface area contributed by atoms with Gasteiger partial charge in [0, 0.05) is 18.1 Å². The van der Waals surface area contributed by atoms with Gasteiger partial charge in [-0.05, 0) is 31.0 Å². The molecule has 1 unspecified atom stereocenters. The molecule has 1 N–H and O–H groups in total. The molecule has 0 saturated heterocycles. The minimum atomic E-state index is 0.329. The Morgan fingerprint density at radius 3 is 2.95 bits per heavy atom. The second-order valence-electron chi connectivity index (χ2n) is 4.29. The highest BCUT2D eigenvalue weighted by molar-refractivity contribution is 7.09. The van der Waals surface area contributed by atoms with Crippen molar-refractivity contribution >= 4 is 11.3 Å². The number of ether oxygens (including phenoxy) is 1. The van der Waals surface area contributed by atoms with E-state index in [4.69, 9.17) is 4.74 Å². The molecule has 0 aliphatic heterocycles. The summed E-state index contributed by atoms with van der Waals surface area (Å²) in [6.45, 7) is 5.71. The van der Waals surface area contributed by atoms with E-state index in [1.807, 2.05) is 30.6 Å². The molecule has 2 aromatic rings. The molecule has 0 saturated carbocycles. The van der Waals surface area contributed by atoms with E-state index in [0.717, 1.165) is 23.7 Å². The number of nitrogens with one attached hydrogen (secondary N) is 1. The summed E-state index contributed by atoms with van der Waals surface area (Å²) in [4.78, 5) is 4.38. The highest BCUT2D eigenvalue weighted by Gasteiger charge is 2.10. The van der Waals surface area contributed by atoms with Crippen molar-refractivity contribution in [2.45, 2.75) is 32.9 Å². The third kappa shape index (κ3) is 4.04. The van der Waals surface area contributed by atoms with Crippen molar-refractivity contribution in [1.29, 1.82) is 0 Å². The lowest BCUT2D eigenvalue weighted by Gasteiger charge is -2.14. The van der Waals surface area contributed by atoms with Crippen molar-refractivity contribution in [1.82, 2.24) is 10.3 Å². The number of hydrogen-bond donors (Lipinski definition) is 1. The molecule has 1 heterocycles. The van der Waals surface area contributed by atoms with Crippen LogP contribution < -0.4 is 10.1 Å². The fraction of sp³-hybridized carbons (Fsp3) is 0.400. The summed E-state index contributed by atoms with van der Waals surface area (Å²) in [5, 5.41) is 6.73. The van der Waals surface area contributed by atoms with Gasteiger partial charge in [0.05, 0.1) is 12.6 Å². The molecule has 0 aliphatic rings. The van der Waals surface area contributed by atoms with Crippen LogP contribution in [0.2, 0.25) is 0 Å². The summed E-state index contributed by atoms with van der Waals surface area (Å²) >= 11 is 1.70. The Hall–Kier alpha value is -1.39. The number of nitrogens with zero attached hydrogens (tertiary/aromatic N) is 1. The Labute approximate surface area is 118 Å². The number of benzene rings is 1. The van der Waals surface area contributed by atoms with Crippen molar-refractivity contribution < 1.29 is 4.74 Å². The fourth-order valence-electron chi connectivity index (χ4n) is 1.97. The molecule has 1 aromatic carbocycles. The number of thiazole rings is 1. The van der Waals surface area contributed by atoms with Crippen molar-refractivity contribution in [3.8, 4) is 5.75 Å². The number of aromatic nitrogens is 1. The normalized spacial score (nSPS) is 12.3. The lowest BCUT2D eigenvalue weighted by molar-refractivity contribution is 0.339. The van der Waals surface area contributed by atoms with Crippen LogP contribution >= 0.6 is 11.3 Å². The molecule has 1 aromatic heterocycles. The number of rotatable bonds is 7. The molecule has 0 aliphatic carbocycles. The standard InChI is InChI=1S/C15H20N2OS/c1-3-14(15-16-8-9-19-15)17-11-12-6-5-7-13(10-12)18-4-2/h5-10,14,17H,3-4,11H2,1-2H3. The first kappa shape index (κ1) is 14.0. The van der Waals surface area contributed by atoms with E-state index in [9.17, 15) is 0 Å². The lowest BCUT2D eigenvalue weighted by atomic mass is 10.2. The monoisotopic (exact) mass is 276 g/mol. The fourth-order valence-corrected chi connectivity index (χ4v) is 2.76. The number of hydrogen-bond acceptors (Lipinski definition) is 4. The molecule has 1 atom stereocenters. The third-order valence-corrected chi connectivity index (χ3v) is 3.81. The maximum absolute atomic E-state index is 5.51. The van der Waals surface area contributed by atoms with E-state index in [2.05, 4.69) is 29.4 Å². The maximum Gasteiger partial charge on any atom is 0.119 e. The Morgan fingerprint density at radius 2 is 2.26 bits per heavy atom. The Bertz CT molecular complexity index is 485. The van der Waals surface area contributed by atoms with Crippen LogP contribution in [0.3, 0.4) is 0 Å². The molecule has 102 valence electrons. The van der Waals surface area contributed by atoms with Crippen molar-refractivity contribution in [2.75, 3.05) is 6.61 Å². The van der Waals surface area contributed by atoms with Crippen LogP contribution in [0.5, 0.6) is 5.75 Å². The van der Waals surface area contributed by atoms with E-state index < -0.39 is 0 Å². The van der Waals surface area contributed by atoms with Gasteiger partial charge < -0.3 is 10.1 Å². The lowest BCUT2D eigenvalue weighted by Crippen LogP contribution is -2.20. The van der Waals surface area contributed by atoms with Gasteiger partial charge in [-0.2, -0.15) is 0 Å². The predicted octanol–water partition coefficient (Wildman–Crippen LogP) is 3.78. The highest BCUT2D eigenvalue weighted by Crippen LogP contribution is 2.20. The molecular formula is C15H20N2OS. The molecule has 0 bridgehead atoms. The summed E-state index contributed by atoms with van der Waals surface area (Å²) in [7, 11) is 0. The van der Waals surface area contributed by atoms with Gasteiger partial charge in [0.2, 0.25) is 0 Å². The van der Waals surface area contributed by atoms with Crippen LogP contribution in [-0.2, 0) is 6.54 Å². The maximum atomic E-state index is 5.51. The van der Waals surface area contributed by atoms with Crippen molar-refractivity contribution in [3.63, 3.8) is 0 Å². The first-order chi connectivity index (χ1) is 9.33. The summed E-state index contributed by atoms with van der Waals surface area (Å²) in [6.07, 6.45) is 2.90. The van der Waals surface area contributed by atoms with Crippen LogP contribution in [0.25, 0.3) is 0 Å². The van der Waals surface area contributed by atoms with Gasteiger partial charge in [0.25, 0.3) is 0 Å². The molecule has 3 nitrogen and oxygen atoms in total. The van der Waals surface area contributed by atoms with Gasteiger partial charge in [0.15, 0.2) is 0 Å². The average molecular weight is 276 g/mol. The van der Waals surface area contributed by atoms with Crippen LogP contribution in [0.15, 0.2) is 35.8 Å². The summed E-state index contributed by atoms with van der Waals surface area (Å²) in [5.41, 5.74) is 1.24. The molecule has 0 spiro atoms. The van der Waals surface area contributed by atoms with Crippen molar-refractivity contribution in [2.24, 2.45) is 0 Å². The topological polar surface area (TPSA) is 34.1 Å². The zero-order chi connectivity index (χ0) is 13.5. The van der Waals surface area contributed by atoms with E-state index in [1.165, 1.54) is 5.56 Å². The predicted molar refractivity (Wildman–Crippen MR) is 79.6 cm³/mol. The van der Waals surface area contributed by atoms with E-state index in [-0.39, 0.29) is 0 Å². The Balaban J connectivity index is 1.95. The molecular weight excluding hydrogens is 256 g/mol. The molecule has 2 rings (SSSR count). The van der Waals surface area contributed by atoms with Gasteiger partial charge in [-0.3, -0.25) is 0 Å². The summed E-state index contributed by atoms with van der Waals surface area (Å²) in [6, 6.07) is 8.56. The van der Waals surface area contributed by atoms with Gasteiger partial charge in [0.1, 0.15) is 10.8 Å². The Kier molecular flexibility index (Phi) is 5.36. The minimum absolute atomic E-state index is 0.329. The third-order valence-electron chi connectivity index (χ3n) is 2.92. The van der Waals surface area contributed by atoms with Gasteiger partial charge in [-0.1, -0.05) is 19.1 Å². The second kappa shape index (κ2) is 7.26. The van der Waals surface area contributed by atoms with Gasteiger partial charge in [-0.15, -0.1) is 11.3 Å². The summed E-state index contributed by atoms with van der Waals surface area (Å²) < 4.78 is 5.51. The second-order valence-corrected chi connectivity index (χ2v) is 5.22. The van der Waals surface area contributed by atoms with E-state index in [0.29, 0.717) is 12.6 Å². The molecule has 0 radical (unpaired) electrons. The first-order valence-corrected chi connectivity index (χ1v) is 7.56. The quantitative estimate of drug-likeness (QED) is 0.835. The van der Waals surface area contributed by atoms with Crippen LogP contribution in [-0.4, -0.2) is 11.6 Å². The van der Waals surface area contributed by atoms with Crippen LogP contribution in [0.4, 0.5) is 0 Å². The summed E-state index contributed by atoms with van der Waals surface area (Å²) in [5.74, 6) is 0.934.